The largest absolute Gasteiger partial charge is 0.493 e. The summed E-state index contributed by atoms with van der Waals surface area (Å²) < 4.78 is 42.3. The first-order valence-corrected chi connectivity index (χ1v) is 39.1. The summed E-state index contributed by atoms with van der Waals surface area (Å²) in [5.41, 5.74) is 7.31. The normalized spacial score (nSPS) is 17.3. The van der Waals surface area contributed by atoms with Gasteiger partial charge in [0.05, 0.1) is 49.9 Å². The number of fused-ring (bicyclic) bond motifs is 7. The molecule has 0 aromatic heterocycles. The van der Waals surface area contributed by atoms with Crippen LogP contribution >= 0.6 is 0 Å². The van der Waals surface area contributed by atoms with Crippen molar-refractivity contribution in [3.8, 4) is 34.1 Å². The van der Waals surface area contributed by atoms with Crippen LogP contribution in [0.25, 0.3) is 16.7 Å². The lowest BCUT2D eigenvalue weighted by Gasteiger charge is -2.27. The van der Waals surface area contributed by atoms with Gasteiger partial charge in [-0.3, -0.25) is 38.6 Å². The molecule has 5 aromatic carbocycles. The van der Waals surface area contributed by atoms with Gasteiger partial charge in [-0.2, -0.15) is 0 Å². The summed E-state index contributed by atoms with van der Waals surface area (Å²) in [5, 5.41) is 8.31. The highest BCUT2D eigenvalue weighted by Gasteiger charge is 2.45. The van der Waals surface area contributed by atoms with Gasteiger partial charge in [0.25, 0.3) is 23.6 Å². The second-order valence-corrected chi connectivity index (χ2v) is 37.9. The molecule has 4 heterocycles. The Bertz CT molecular complexity index is 3690. The van der Waals surface area contributed by atoms with Gasteiger partial charge in [-0.15, -0.1) is 0 Å². The Kier molecular flexibility index (Phi) is 20.7. The van der Waals surface area contributed by atoms with Crippen LogP contribution in [0.3, 0.4) is 0 Å². The third-order valence-corrected chi connectivity index (χ3v) is 20.6. The highest BCUT2D eigenvalue weighted by atomic mass is 28.3. The van der Waals surface area contributed by atoms with Gasteiger partial charge < -0.3 is 58.9 Å². The maximum Gasteiger partial charge on any atom is 0.407 e. The number of benzene rings is 5. The summed E-state index contributed by atoms with van der Waals surface area (Å²) in [7, 11) is -0.0157. The summed E-state index contributed by atoms with van der Waals surface area (Å²) in [6.45, 7) is 19.6. The van der Waals surface area contributed by atoms with E-state index in [0.717, 1.165) is 34.3 Å². The number of nitrogens with one attached hydrogen (secondary N) is 3. The lowest BCUT2D eigenvalue weighted by molar-refractivity contribution is -0.128. The zero-order chi connectivity index (χ0) is 66.5. The van der Waals surface area contributed by atoms with Crippen molar-refractivity contribution in [1.82, 2.24) is 20.4 Å². The highest BCUT2D eigenvalue weighted by Crippen LogP contribution is 2.46. The van der Waals surface area contributed by atoms with E-state index in [9.17, 15) is 33.6 Å². The van der Waals surface area contributed by atoms with Gasteiger partial charge in [0.15, 0.2) is 23.0 Å². The fourth-order valence-corrected chi connectivity index (χ4v) is 13.3. The first-order valence-electron chi connectivity index (χ1n) is 31.7. The molecule has 4 atom stereocenters. The Morgan fingerprint density at radius 1 is 0.613 bits per heavy atom. The van der Waals surface area contributed by atoms with E-state index in [0.29, 0.717) is 59.3 Å². The molecule has 0 spiro atoms. The van der Waals surface area contributed by atoms with Crippen molar-refractivity contribution >= 4 is 80.3 Å². The van der Waals surface area contributed by atoms with Crippen molar-refractivity contribution < 1.29 is 66.7 Å². The number of ether oxygens (including phenoxy) is 7. The summed E-state index contributed by atoms with van der Waals surface area (Å²) in [4.78, 5) is 104. The predicted molar refractivity (Wildman–Crippen MR) is 359 cm³/mol. The lowest BCUT2D eigenvalue weighted by atomic mass is 9.98. The Balaban J connectivity index is 0.780. The number of alkyl carbamates (subject to hydrolysis) is 1. The molecule has 10 rings (SSSR count). The number of rotatable bonds is 27. The van der Waals surface area contributed by atoms with Gasteiger partial charge in [-0.25, -0.2) is 4.79 Å². The average Bonchev–Trinajstić information content (AvgIpc) is 1.65. The number of nitrogens with zero attached hydrogens (tertiary/aromatic N) is 4. The van der Waals surface area contributed by atoms with Crippen LogP contribution in [-0.4, -0.2) is 152 Å². The summed E-state index contributed by atoms with van der Waals surface area (Å²) >= 11 is 0. The Hall–Kier alpha value is -8.78. The van der Waals surface area contributed by atoms with Crippen LogP contribution in [0.15, 0.2) is 109 Å². The summed E-state index contributed by atoms with van der Waals surface area (Å²) in [6.07, 6.45) is 6.28. The number of carbonyl (C=O) groups is 7. The Morgan fingerprint density at radius 2 is 1.14 bits per heavy atom. The molecule has 7 amide bonds. The van der Waals surface area contributed by atoms with E-state index in [2.05, 4.69) is 73.4 Å². The highest BCUT2D eigenvalue weighted by molar-refractivity contribution is 6.76. The van der Waals surface area contributed by atoms with Crippen molar-refractivity contribution in [2.75, 3.05) is 75.8 Å². The lowest BCUT2D eigenvalue weighted by Crippen LogP contribution is -2.53. The van der Waals surface area contributed by atoms with E-state index < -0.39 is 64.1 Å². The van der Waals surface area contributed by atoms with Crippen LogP contribution in [-0.2, 0) is 33.4 Å². The second-order valence-electron chi connectivity index (χ2n) is 26.7. The van der Waals surface area contributed by atoms with Gasteiger partial charge in [-0.1, -0.05) is 114 Å². The molecule has 4 aliphatic heterocycles. The molecule has 0 saturated carbocycles. The van der Waals surface area contributed by atoms with Crippen LogP contribution in [0.1, 0.15) is 83.4 Å². The van der Waals surface area contributed by atoms with E-state index in [-0.39, 0.29) is 98.3 Å². The Morgan fingerprint density at radius 3 is 1.67 bits per heavy atom. The van der Waals surface area contributed by atoms with Crippen molar-refractivity contribution in [3.63, 3.8) is 0 Å². The average molecular weight is 1300 g/mol. The summed E-state index contributed by atoms with van der Waals surface area (Å²) in [5.74, 6) is -1.82. The molecule has 93 heavy (non-hydrogen) atoms. The number of amides is 7. The Labute approximate surface area is 545 Å². The zero-order valence-electron chi connectivity index (χ0n) is 54.8. The van der Waals surface area contributed by atoms with E-state index in [4.69, 9.17) is 33.2 Å². The van der Waals surface area contributed by atoms with E-state index in [1.807, 2.05) is 36.4 Å². The van der Waals surface area contributed by atoms with Crippen molar-refractivity contribution in [2.45, 2.75) is 121 Å². The number of hydrogen-bond acceptors (Lipinski definition) is 14. The first kappa shape index (κ1) is 67.1. The minimum Gasteiger partial charge on any atom is -0.493 e. The molecule has 0 fully saturated rings. The van der Waals surface area contributed by atoms with Crippen molar-refractivity contribution in [1.29, 1.82) is 0 Å². The molecule has 5 aliphatic rings. The van der Waals surface area contributed by atoms with Gasteiger partial charge in [-0.05, 0) is 88.7 Å². The minimum atomic E-state index is -1.53. The third kappa shape index (κ3) is 15.2. The van der Waals surface area contributed by atoms with Crippen LogP contribution in [0.4, 0.5) is 21.9 Å². The van der Waals surface area contributed by atoms with Gasteiger partial charge in [0, 0.05) is 84.8 Å². The molecule has 5 aromatic rings. The predicted octanol–water partition coefficient (Wildman–Crippen LogP) is 10.7. The van der Waals surface area contributed by atoms with Gasteiger partial charge in [0.1, 0.15) is 44.2 Å². The van der Waals surface area contributed by atoms with Crippen molar-refractivity contribution in [2.24, 2.45) is 5.92 Å². The molecule has 1 aliphatic carbocycles. The molecule has 1 radical (unpaired) electrons. The molecule has 3 N–H and O–H groups in total. The molecule has 491 valence electrons. The van der Waals surface area contributed by atoms with E-state index >= 15 is 0 Å². The molecule has 0 saturated heterocycles. The standard InChI is InChI=1S/C70H84N7O14Si2/c1-43(2)63(73-70(84)91-40-54-50-20-14-12-18-48(50)49-19-13-15-21-51(49)54)65(79)71-44(3)64(78)72-47-25-23-45(24-26-47)46-34-58-69(83)77(42-88-31-33-93(9,10)11)57-38-62(60(86-5)36-53(57)67(81)75(58)39-46)90-29-17-28-89-61-37-56-52(35-59(61)85-4)66(80)74-27-16-22-55(74)68(82)76(56)41-87-30-32-92(6,7)8/h12-15,18-21,23-27,35-39,43-44,54-55,58,63H,17,22,28-34,40-42H2,1-11H3,(H,71,79)(H,72,78)(H,73,84)/t44-,55?,58?,63-/m0/s1. The van der Waals surface area contributed by atoms with Crippen LogP contribution in [0.5, 0.6) is 23.0 Å². The van der Waals surface area contributed by atoms with Crippen LogP contribution in [0, 0.1) is 12.0 Å². The molecule has 21 nitrogen and oxygen atoms in total. The molecular formula is C70H84N7O14Si2. The van der Waals surface area contributed by atoms with Gasteiger partial charge in [0.2, 0.25) is 11.8 Å². The number of hydrogen-bond donors (Lipinski definition) is 3. The van der Waals surface area contributed by atoms with E-state index in [1.165, 1.54) is 40.0 Å². The van der Waals surface area contributed by atoms with Crippen LogP contribution < -0.4 is 44.7 Å². The quantitative estimate of drug-likeness (QED) is 0.0328. The fraction of sp³-hybridized carbons (Fsp3) is 0.414. The third-order valence-electron chi connectivity index (χ3n) is 17.2. The fourth-order valence-electron chi connectivity index (χ4n) is 11.8. The monoisotopic (exact) mass is 1300 g/mol. The SMILES string of the molecule is COc1cc2c(cc1OCCCOc1cc3c(cc1OC)C(=O)N1C=C(c4ccc(NC(=O)[C@H](C)NC(=O)[C@@H](NC(=O)OCC5c6ccccc6-c6ccccc65)C(C)C)cc4)CC1C(=O)N3COCC[Si](C)(C)C)N(COCC[Si](C)(C)C)C(=O)C1C[C]=CN1C2=O. The minimum absolute atomic E-state index is 0.0473. The van der Waals surface area contributed by atoms with E-state index in [1.54, 1.807) is 75.5 Å². The smallest absolute Gasteiger partial charge is 0.407 e. The zero-order valence-corrected chi connectivity index (χ0v) is 56.8. The molecular weight excluding hydrogens is 1220 g/mol. The topological polar surface area (TPSA) is 233 Å². The molecule has 0 bridgehead atoms. The van der Waals surface area contributed by atoms with Gasteiger partial charge >= 0.3 is 6.09 Å². The second kappa shape index (κ2) is 28.6. The van der Waals surface area contributed by atoms with Crippen LogP contribution in [0.2, 0.25) is 51.4 Å². The summed E-state index contributed by atoms with van der Waals surface area (Å²) in [6, 6.07) is 27.6. The number of carbonyl (C=O) groups excluding carboxylic acids is 7. The molecule has 23 heteroatoms. The first-order chi connectivity index (χ1) is 44.4. The number of anilines is 3. The maximum atomic E-state index is 14.9. The maximum absolute atomic E-state index is 14.9. The van der Waals surface area contributed by atoms with Crippen molar-refractivity contribution in [3.05, 3.63) is 143 Å². The molecule has 2 unspecified atom stereocenters. The number of methoxy groups -OCH3 is 2.